The summed E-state index contributed by atoms with van der Waals surface area (Å²) in [4.78, 5) is 11.6. The zero-order valence-corrected chi connectivity index (χ0v) is 9.69. The molecule has 1 aliphatic rings. The maximum Gasteiger partial charge on any atom is 0.227 e. The fourth-order valence-corrected chi connectivity index (χ4v) is 2.01. The van der Waals surface area contributed by atoms with Crippen LogP contribution in [0, 0.1) is 19.8 Å². The van der Waals surface area contributed by atoms with E-state index in [9.17, 15) is 4.79 Å². The van der Waals surface area contributed by atoms with Crippen molar-refractivity contribution in [1.29, 1.82) is 0 Å². The second-order valence-electron chi connectivity index (χ2n) is 4.20. The minimum atomic E-state index is 0.101. The molecule has 1 saturated carbocycles. The number of benzene rings is 1. The molecular weight excluding hydrogens is 210 g/mol. The van der Waals surface area contributed by atoms with Gasteiger partial charge in [0.05, 0.1) is 10.7 Å². The zero-order valence-electron chi connectivity index (χ0n) is 8.93. The molecule has 3 heteroatoms. The van der Waals surface area contributed by atoms with Crippen LogP contribution in [0.1, 0.15) is 24.0 Å². The van der Waals surface area contributed by atoms with Gasteiger partial charge in [-0.1, -0.05) is 17.7 Å². The highest BCUT2D eigenvalue weighted by molar-refractivity contribution is 6.34. The number of amides is 1. The Balaban J connectivity index is 2.23. The third-order valence-electron chi connectivity index (χ3n) is 2.63. The van der Waals surface area contributed by atoms with Crippen molar-refractivity contribution < 1.29 is 4.79 Å². The average molecular weight is 224 g/mol. The van der Waals surface area contributed by atoms with Gasteiger partial charge in [-0.15, -0.1) is 0 Å². The molecule has 0 bridgehead atoms. The van der Waals surface area contributed by atoms with Crippen molar-refractivity contribution in [3.8, 4) is 0 Å². The molecule has 0 aromatic heterocycles. The summed E-state index contributed by atoms with van der Waals surface area (Å²) < 4.78 is 0. The van der Waals surface area contributed by atoms with Gasteiger partial charge in [-0.3, -0.25) is 4.79 Å². The van der Waals surface area contributed by atoms with Crippen molar-refractivity contribution in [1.82, 2.24) is 0 Å². The van der Waals surface area contributed by atoms with Crippen LogP contribution in [0.2, 0.25) is 5.02 Å². The monoisotopic (exact) mass is 223 g/mol. The first-order chi connectivity index (χ1) is 7.08. The van der Waals surface area contributed by atoms with E-state index in [1.54, 1.807) is 0 Å². The number of hydrogen-bond acceptors (Lipinski definition) is 1. The molecule has 1 fully saturated rings. The van der Waals surface area contributed by atoms with E-state index in [1.807, 2.05) is 26.0 Å². The molecule has 80 valence electrons. The van der Waals surface area contributed by atoms with E-state index in [2.05, 4.69) is 5.32 Å². The lowest BCUT2D eigenvalue weighted by Gasteiger charge is -2.11. The summed E-state index contributed by atoms with van der Waals surface area (Å²) in [7, 11) is 0. The van der Waals surface area contributed by atoms with E-state index >= 15 is 0 Å². The minimum Gasteiger partial charge on any atom is -0.324 e. The first-order valence-electron chi connectivity index (χ1n) is 5.15. The Bertz CT molecular complexity index is 387. The molecule has 1 amide bonds. The Labute approximate surface area is 94.6 Å². The molecule has 1 aromatic carbocycles. The van der Waals surface area contributed by atoms with Crippen molar-refractivity contribution in [3.63, 3.8) is 0 Å². The van der Waals surface area contributed by atoms with Gasteiger partial charge in [0.2, 0.25) is 5.91 Å². The van der Waals surface area contributed by atoms with E-state index in [4.69, 9.17) is 11.6 Å². The lowest BCUT2D eigenvalue weighted by atomic mass is 10.1. The fourth-order valence-electron chi connectivity index (χ4n) is 1.64. The van der Waals surface area contributed by atoms with E-state index < -0.39 is 0 Å². The maximum atomic E-state index is 11.6. The van der Waals surface area contributed by atoms with Crippen molar-refractivity contribution in [3.05, 3.63) is 28.3 Å². The Morgan fingerprint density at radius 1 is 1.40 bits per heavy atom. The highest BCUT2D eigenvalue weighted by atomic mass is 35.5. The molecule has 1 N–H and O–H groups in total. The first-order valence-corrected chi connectivity index (χ1v) is 5.53. The standard InChI is InChI=1S/C12H14ClNO/c1-7-5-8(2)11(10(13)6-7)14-12(15)9-3-4-9/h5-6,9H,3-4H2,1-2H3,(H,14,15). The lowest BCUT2D eigenvalue weighted by molar-refractivity contribution is -0.117. The van der Waals surface area contributed by atoms with Crippen LogP contribution in [-0.2, 0) is 4.79 Å². The Hall–Kier alpha value is -1.02. The first kappa shape index (κ1) is 10.5. The molecule has 0 spiro atoms. The van der Waals surface area contributed by atoms with Crippen LogP contribution in [0.5, 0.6) is 0 Å². The molecule has 0 heterocycles. The summed E-state index contributed by atoms with van der Waals surface area (Å²) in [6, 6.07) is 3.89. The van der Waals surface area contributed by atoms with Crippen LogP contribution in [-0.4, -0.2) is 5.91 Å². The van der Waals surface area contributed by atoms with Gasteiger partial charge >= 0.3 is 0 Å². The number of hydrogen-bond donors (Lipinski definition) is 1. The van der Waals surface area contributed by atoms with Gasteiger partial charge in [0.25, 0.3) is 0 Å². The van der Waals surface area contributed by atoms with Crippen LogP contribution >= 0.6 is 11.6 Å². The fraction of sp³-hybridized carbons (Fsp3) is 0.417. The molecule has 1 aliphatic carbocycles. The second-order valence-corrected chi connectivity index (χ2v) is 4.61. The molecular formula is C12H14ClNO. The summed E-state index contributed by atoms with van der Waals surface area (Å²) >= 11 is 6.09. The molecule has 0 aliphatic heterocycles. The van der Waals surface area contributed by atoms with Crippen LogP contribution in [0.3, 0.4) is 0 Å². The summed E-state index contributed by atoms with van der Waals surface area (Å²) in [5.74, 6) is 0.311. The minimum absolute atomic E-state index is 0.101. The predicted molar refractivity (Wildman–Crippen MR) is 62.3 cm³/mol. The Morgan fingerprint density at radius 3 is 2.60 bits per heavy atom. The topological polar surface area (TPSA) is 29.1 Å². The Kier molecular flexibility index (Phi) is 2.70. The SMILES string of the molecule is Cc1cc(C)c(NC(=O)C2CC2)c(Cl)c1. The number of rotatable bonds is 2. The van der Waals surface area contributed by atoms with Gasteiger partial charge in [0, 0.05) is 5.92 Å². The van der Waals surface area contributed by atoms with E-state index in [1.165, 1.54) is 0 Å². The maximum absolute atomic E-state index is 11.6. The van der Waals surface area contributed by atoms with Crippen molar-refractivity contribution in [2.45, 2.75) is 26.7 Å². The zero-order chi connectivity index (χ0) is 11.0. The number of carbonyl (C=O) groups is 1. The summed E-state index contributed by atoms with van der Waals surface area (Å²) in [5.41, 5.74) is 2.90. The Morgan fingerprint density at radius 2 is 2.07 bits per heavy atom. The highest BCUT2D eigenvalue weighted by Gasteiger charge is 2.30. The smallest absolute Gasteiger partial charge is 0.227 e. The normalized spacial score (nSPS) is 15.1. The van der Waals surface area contributed by atoms with Gasteiger partial charge < -0.3 is 5.32 Å². The van der Waals surface area contributed by atoms with E-state index in [0.717, 1.165) is 29.7 Å². The largest absolute Gasteiger partial charge is 0.324 e. The second kappa shape index (κ2) is 3.86. The molecule has 0 radical (unpaired) electrons. The van der Waals surface area contributed by atoms with Crippen molar-refractivity contribution in [2.24, 2.45) is 5.92 Å². The van der Waals surface area contributed by atoms with Gasteiger partial charge in [0.15, 0.2) is 0 Å². The van der Waals surface area contributed by atoms with Crippen molar-refractivity contribution >= 4 is 23.2 Å². The average Bonchev–Trinajstić information content (AvgIpc) is 2.93. The third-order valence-corrected chi connectivity index (χ3v) is 2.93. The van der Waals surface area contributed by atoms with Crippen LogP contribution < -0.4 is 5.32 Å². The molecule has 15 heavy (non-hydrogen) atoms. The van der Waals surface area contributed by atoms with E-state index in [0.29, 0.717) is 5.02 Å². The summed E-state index contributed by atoms with van der Waals surface area (Å²) in [5, 5.41) is 3.52. The van der Waals surface area contributed by atoms with E-state index in [-0.39, 0.29) is 11.8 Å². The highest BCUT2D eigenvalue weighted by Crippen LogP contribution is 2.33. The number of nitrogens with one attached hydrogen (secondary N) is 1. The van der Waals surface area contributed by atoms with Gasteiger partial charge in [-0.25, -0.2) is 0 Å². The number of anilines is 1. The number of halogens is 1. The van der Waals surface area contributed by atoms with Gasteiger partial charge in [-0.2, -0.15) is 0 Å². The molecule has 2 nitrogen and oxygen atoms in total. The van der Waals surface area contributed by atoms with Gasteiger partial charge in [0.1, 0.15) is 0 Å². The lowest BCUT2D eigenvalue weighted by Crippen LogP contribution is -2.14. The third kappa shape index (κ3) is 2.32. The summed E-state index contributed by atoms with van der Waals surface area (Å²) in [6.07, 6.45) is 2.02. The molecule has 0 atom stereocenters. The molecule has 0 unspecified atom stereocenters. The molecule has 0 saturated heterocycles. The van der Waals surface area contributed by atoms with Crippen LogP contribution in [0.4, 0.5) is 5.69 Å². The van der Waals surface area contributed by atoms with Crippen LogP contribution in [0.25, 0.3) is 0 Å². The number of carbonyl (C=O) groups excluding carboxylic acids is 1. The van der Waals surface area contributed by atoms with Gasteiger partial charge in [-0.05, 0) is 43.9 Å². The molecule has 1 aromatic rings. The van der Waals surface area contributed by atoms with Crippen molar-refractivity contribution in [2.75, 3.05) is 5.32 Å². The number of aryl methyl sites for hydroxylation is 2. The summed E-state index contributed by atoms with van der Waals surface area (Å²) in [6.45, 7) is 3.95. The molecule has 2 rings (SSSR count). The predicted octanol–water partition coefficient (Wildman–Crippen LogP) is 3.31. The quantitative estimate of drug-likeness (QED) is 0.819. The van der Waals surface area contributed by atoms with Crippen LogP contribution in [0.15, 0.2) is 12.1 Å².